The number of para-hydroxylation sites is 1. The van der Waals surface area contributed by atoms with Crippen LogP contribution in [0.2, 0.25) is 25.7 Å². The van der Waals surface area contributed by atoms with Crippen molar-refractivity contribution in [1.82, 2.24) is 19.7 Å². The van der Waals surface area contributed by atoms with Gasteiger partial charge >= 0.3 is 5.97 Å². The molecule has 10 nitrogen and oxygen atoms in total. The summed E-state index contributed by atoms with van der Waals surface area (Å²) in [5.41, 5.74) is 1.84. The molecule has 0 radical (unpaired) electrons. The van der Waals surface area contributed by atoms with Gasteiger partial charge in [-0.2, -0.15) is 4.99 Å². The Kier molecular flexibility index (Phi) is 11.4. The van der Waals surface area contributed by atoms with Crippen LogP contribution in [0.1, 0.15) is 27.3 Å². The molecule has 0 amide bonds. The lowest BCUT2D eigenvalue weighted by Crippen LogP contribution is -2.23. The summed E-state index contributed by atoms with van der Waals surface area (Å²) in [5, 5.41) is 19.2. The van der Waals surface area contributed by atoms with E-state index in [0.29, 0.717) is 47.8 Å². The number of aryl methyl sites for hydroxylation is 2. The van der Waals surface area contributed by atoms with Gasteiger partial charge in [-0.15, -0.1) is 21.5 Å². The molecule has 3 heterocycles. The fourth-order valence-corrected chi connectivity index (χ4v) is 7.81. The van der Waals surface area contributed by atoms with Gasteiger partial charge in [-0.25, -0.2) is 14.2 Å². The first-order valence-corrected chi connectivity index (χ1v) is 21.4. The third-order valence-electron chi connectivity index (χ3n) is 7.17. The van der Waals surface area contributed by atoms with E-state index in [-0.39, 0.29) is 18.1 Å². The number of hydrogen-bond acceptors (Lipinski definition) is 10. The zero-order chi connectivity index (χ0) is 33.7. The van der Waals surface area contributed by atoms with E-state index in [1.807, 2.05) is 47.7 Å². The normalized spacial score (nSPS) is 12.2. The minimum absolute atomic E-state index is 0.0185. The molecule has 5 rings (SSSR count). The summed E-state index contributed by atoms with van der Waals surface area (Å²) >= 11 is 4.87. The highest BCUT2D eigenvalue weighted by molar-refractivity contribution is 14.1. The highest BCUT2D eigenvalue weighted by atomic mass is 127. The number of thiazole rings is 2. The maximum absolute atomic E-state index is 14.1. The molecule has 0 fully saturated rings. The van der Waals surface area contributed by atoms with Gasteiger partial charge in [-0.3, -0.25) is 4.57 Å². The summed E-state index contributed by atoms with van der Waals surface area (Å²) in [5.74, 6) is -0.371. The van der Waals surface area contributed by atoms with E-state index in [1.54, 1.807) is 35.4 Å². The van der Waals surface area contributed by atoms with Crippen molar-refractivity contribution in [1.29, 1.82) is 0 Å². The number of carbonyl (C=O) groups is 1. The molecule has 0 bridgehead atoms. The fraction of sp³-hybridized carbons (Fsp3) is 0.344. The Bertz CT molecular complexity index is 1960. The van der Waals surface area contributed by atoms with Gasteiger partial charge in [0.1, 0.15) is 6.73 Å². The second-order valence-corrected chi connectivity index (χ2v) is 21.0. The third-order valence-corrected chi connectivity index (χ3v) is 11.8. The van der Waals surface area contributed by atoms with Gasteiger partial charge in [-0.05, 0) is 90.4 Å². The van der Waals surface area contributed by atoms with Crippen LogP contribution in [0, 0.1) is 16.3 Å². The van der Waals surface area contributed by atoms with Crippen molar-refractivity contribution in [3.63, 3.8) is 0 Å². The first kappa shape index (κ1) is 35.1. The van der Waals surface area contributed by atoms with Crippen LogP contribution in [-0.2, 0) is 17.9 Å². The zero-order valence-electron chi connectivity index (χ0n) is 26.8. The molecule has 2 aromatic carbocycles. The molecule has 0 atom stereocenters. The predicted molar refractivity (Wildman–Crippen MR) is 196 cm³/mol. The standard InChI is InChI=1S/C32H36FIN6O4S2Si/c1-20-17-27(37-38-29(20)36-32-40(19-43-15-16-47(3,4)5)23-9-6-7-10-25(23)45-32)39(2)31-35-28(30(41)42)26(46-31)11-8-14-44-24-13-12-21(34)18-22(24)33/h6-7,9-10,12-13,17-18H,8,11,14-16,19H2,1-5H3,(H,41,42). The maximum Gasteiger partial charge on any atom is 0.355 e. The van der Waals surface area contributed by atoms with E-state index in [0.717, 1.165) is 30.2 Å². The molecular formula is C32H36FIN6O4S2Si. The van der Waals surface area contributed by atoms with Crippen molar-refractivity contribution in [3.8, 4) is 5.75 Å². The second-order valence-electron chi connectivity index (χ2n) is 12.1. The van der Waals surface area contributed by atoms with Gasteiger partial charge in [-0.1, -0.05) is 43.1 Å². The van der Waals surface area contributed by atoms with Gasteiger partial charge < -0.3 is 19.5 Å². The number of fused-ring (bicyclic) bond motifs is 1. The van der Waals surface area contributed by atoms with Gasteiger partial charge in [0.05, 0.1) is 16.8 Å². The lowest BCUT2D eigenvalue weighted by molar-refractivity contribution is 0.0690. The zero-order valence-corrected chi connectivity index (χ0v) is 31.6. The molecular weight excluding hydrogens is 771 g/mol. The lowest BCUT2D eigenvalue weighted by atomic mass is 10.2. The first-order valence-electron chi connectivity index (χ1n) is 15.0. The number of nitrogens with zero attached hydrogens (tertiary/aromatic N) is 6. The fourth-order valence-electron chi connectivity index (χ4n) is 4.52. The predicted octanol–water partition coefficient (Wildman–Crippen LogP) is 8.02. The molecule has 15 heteroatoms. The van der Waals surface area contributed by atoms with Crippen LogP contribution in [0.15, 0.2) is 53.5 Å². The molecule has 0 aliphatic rings. The molecule has 47 heavy (non-hydrogen) atoms. The smallest absolute Gasteiger partial charge is 0.355 e. The molecule has 3 aromatic heterocycles. The number of carboxylic acids is 1. The minimum atomic E-state index is -1.21. The van der Waals surface area contributed by atoms with Crippen LogP contribution in [0.5, 0.6) is 5.75 Å². The third kappa shape index (κ3) is 9.01. The Morgan fingerprint density at radius 2 is 1.91 bits per heavy atom. The van der Waals surface area contributed by atoms with Crippen LogP contribution in [-0.4, -0.2) is 59.2 Å². The summed E-state index contributed by atoms with van der Waals surface area (Å²) in [6, 6.07) is 15.9. The van der Waals surface area contributed by atoms with Crippen LogP contribution in [0.4, 0.5) is 21.2 Å². The van der Waals surface area contributed by atoms with Crippen molar-refractivity contribution in [2.24, 2.45) is 4.99 Å². The number of halogens is 2. The van der Waals surface area contributed by atoms with E-state index in [1.165, 1.54) is 17.4 Å². The Balaban J connectivity index is 1.32. The van der Waals surface area contributed by atoms with Crippen LogP contribution < -0.4 is 14.4 Å². The Morgan fingerprint density at radius 1 is 1.13 bits per heavy atom. The largest absolute Gasteiger partial charge is 0.491 e. The molecule has 1 N–H and O–H groups in total. The molecule has 5 aromatic rings. The summed E-state index contributed by atoms with van der Waals surface area (Å²) in [6.45, 7) is 10.3. The minimum Gasteiger partial charge on any atom is -0.491 e. The summed E-state index contributed by atoms with van der Waals surface area (Å²) < 4.78 is 29.7. The van der Waals surface area contributed by atoms with E-state index in [2.05, 4.69) is 51.5 Å². The van der Waals surface area contributed by atoms with Crippen LogP contribution >= 0.6 is 45.3 Å². The number of anilines is 2. The van der Waals surface area contributed by atoms with Gasteiger partial charge in [0.25, 0.3) is 0 Å². The topological polar surface area (TPSA) is 115 Å². The SMILES string of the molecule is Cc1cc(N(C)c2nc(C(=O)O)c(CCCOc3ccc(I)cc3F)s2)nnc1N=c1sc2ccccc2n1COCC[Si](C)(C)C. The van der Waals surface area contributed by atoms with E-state index >= 15 is 0 Å². The number of aromatic carboxylic acids is 1. The van der Waals surface area contributed by atoms with Crippen molar-refractivity contribution < 1.29 is 23.8 Å². The molecule has 0 saturated heterocycles. The van der Waals surface area contributed by atoms with Crippen molar-refractivity contribution >= 4 is 86.3 Å². The Morgan fingerprint density at radius 3 is 2.64 bits per heavy atom. The molecule has 248 valence electrons. The number of carboxylic acid groups (broad SMARTS) is 1. The second kappa shape index (κ2) is 15.3. The van der Waals surface area contributed by atoms with E-state index in [9.17, 15) is 14.3 Å². The highest BCUT2D eigenvalue weighted by Gasteiger charge is 2.21. The Hall–Kier alpha value is -3.25. The van der Waals surface area contributed by atoms with Crippen molar-refractivity contribution in [2.45, 2.75) is 52.2 Å². The monoisotopic (exact) mass is 806 g/mol. The lowest BCUT2D eigenvalue weighted by Gasteiger charge is -2.16. The average Bonchev–Trinajstić information content (AvgIpc) is 3.60. The van der Waals surface area contributed by atoms with Crippen molar-refractivity contribution in [3.05, 3.63) is 78.9 Å². The molecule has 0 unspecified atom stereocenters. The number of hydrogen-bond donors (Lipinski definition) is 1. The summed E-state index contributed by atoms with van der Waals surface area (Å²) in [4.78, 5) is 24.4. The number of benzene rings is 2. The summed E-state index contributed by atoms with van der Waals surface area (Å²) in [7, 11) is 0.561. The van der Waals surface area contributed by atoms with Gasteiger partial charge in [0, 0.05) is 30.2 Å². The van der Waals surface area contributed by atoms with Crippen LogP contribution in [0.25, 0.3) is 10.2 Å². The molecule has 0 saturated carbocycles. The molecule has 0 spiro atoms. The first-order chi connectivity index (χ1) is 22.4. The average molecular weight is 807 g/mol. The number of ether oxygens (including phenoxy) is 2. The van der Waals surface area contributed by atoms with E-state index < -0.39 is 19.9 Å². The van der Waals surface area contributed by atoms with Crippen LogP contribution in [0.3, 0.4) is 0 Å². The van der Waals surface area contributed by atoms with Gasteiger partial charge in [0.2, 0.25) is 0 Å². The Labute approximate surface area is 295 Å². The quantitative estimate of drug-likeness (QED) is 0.0682. The molecule has 0 aliphatic carbocycles. The molecule has 0 aliphatic heterocycles. The number of rotatable bonds is 14. The van der Waals surface area contributed by atoms with E-state index in [4.69, 9.17) is 14.5 Å². The number of aromatic nitrogens is 4. The highest BCUT2D eigenvalue weighted by Crippen LogP contribution is 2.32. The maximum atomic E-state index is 14.1. The van der Waals surface area contributed by atoms with Gasteiger partial charge in [0.15, 0.2) is 38.8 Å². The van der Waals surface area contributed by atoms with Crippen molar-refractivity contribution in [2.75, 3.05) is 25.2 Å². The summed E-state index contributed by atoms with van der Waals surface area (Å²) in [6.07, 6.45) is 0.909.